The van der Waals surface area contributed by atoms with Crippen LogP contribution >= 0.6 is 0 Å². The van der Waals surface area contributed by atoms with Gasteiger partial charge in [-0.25, -0.2) is 9.59 Å². The lowest BCUT2D eigenvalue weighted by Crippen LogP contribution is -2.46. The maximum atomic E-state index is 11.5. The topological polar surface area (TPSA) is 87.1 Å². The molecule has 16 heavy (non-hydrogen) atoms. The standard InChI is InChI=1S/C10H15NO5/c1-2-6-16-10(15)11-5-3-4-7(11)8(12)9(13)14/h2,7-8,12H,1,3-6H2,(H,13,14)/t7-,8?/m1/s1. The predicted octanol–water partition coefficient (Wildman–Crippen LogP) is 0.219. The fourth-order valence-corrected chi connectivity index (χ4v) is 1.73. The highest BCUT2D eigenvalue weighted by molar-refractivity contribution is 5.75. The largest absolute Gasteiger partial charge is 0.479 e. The molecule has 1 rings (SSSR count). The third-order valence-corrected chi connectivity index (χ3v) is 2.48. The van der Waals surface area contributed by atoms with E-state index < -0.39 is 24.2 Å². The van der Waals surface area contributed by atoms with Crippen LogP contribution in [0.25, 0.3) is 0 Å². The van der Waals surface area contributed by atoms with E-state index >= 15 is 0 Å². The Morgan fingerprint density at radius 2 is 2.31 bits per heavy atom. The molecule has 2 N–H and O–H groups in total. The van der Waals surface area contributed by atoms with Crippen molar-refractivity contribution in [2.75, 3.05) is 13.2 Å². The Hall–Kier alpha value is -1.56. The van der Waals surface area contributed by atoms with Crippen molar-refractivity contribution in [1.82, 2.24) is 4.90 Å². The molecule has 0 spiro atoms. The summed E-state index contributed by atoms with van der Waals surface area (Å²) in [5.41, 5.74) is 0. The summed E-state index contributed by atoms with van der Waals surface area (Å²) in [4.78, 5) is 23.4. The van der Waals surface area contributed by atoms with E-state index in [0.29, 0.717) is 19.4 Å². The van der Waals surface area contributed by atoms with E-state index in [1.165, 1.54) is 11.0 Å². The van der Waals surface area contributed by atoms with E-state index in [2.05, 4.69) is 6.58 Å². The molecule has 90 valence electrons. The highest BCUT2D eigenvalue weighted by Crippen LogP contribution is 2.21. The van der Waals surface area contributed by atoms with Crippen LogP contribution in [0.4, 0.5) is 4.79 Å². The van der Waals surface area contributed by atoms with Crippen LogP contribution in [0, 0.1) is 0 Å². The molecule has 0 bridgehead atoms. The van der Waals surface area contributed by atoms with Crippen LogP contribution in [0.1, 0.15) is 12.8 Å². The zero-order valence-corrected chi connectivity index (χ0v) is 8.83. The van der Waals surface area contributed by atoms with Gasteiger partial charge in [0.15, 0.2) is 6.10 Å². The van der Waals surface area contributed by atoms with Crippen molar-refractivity contribution in [3.05, 3.63) is 12.7 Å². The van der Waals surface area contributed by atoms with Crippen molar-refractivity contribution in [3.63, 3.8) is 0 Å². The Labute approximate surface area is 93.1 Å². The van der Waals surface area contributed by atoms with Gasteiger partial charge in [-0.05, 0) is 12.8 Å². The van der Waals surface area contributed by atoms with Gasteiger partial charge in [0.05, 0.1) is 6.04 Å². The van der Waals surface area contributed by atoms with Crippen LogP contribution in [0.5, 0.6) is 0 Å². The molecule has 1 saturated heterocycles. The van der Waals surface area contributed by atoms with E-state index in [0.717, 1.165) is 0 Å². The molecule has 0 aromatic carbocycles. The number of aliphatic carboxylic acids is 1. The molecule has 0 aliphatic carbocycles. The Kier molecular flexibility index (Phi) is 4.30. The normalized spacial score (nSPS) is 21.6. The Morgan fingerprint density at radius 3 is 2.88 bits per heavy atom. The van der Waals surface area contributed by atoms with Crippen LogP contribution in [0.3, 0.4) is 0 Å². The highest BCUT2D eigenvalue weighted by Gasteiger charge is 2.38. The minimum Gasteiger partial charge on any atom is -0.479 e. The first-order valence-electron chi connectivity index (χ1n) is 5.03. The summed E-state index contributed by atoms with van der Waals surface area (Å²) in [6.07, 6.45) is 0.396. The first-order valence-corrected chi connectivity index (χ1v) is 5.03. The molecule has 1 aliphatic heterocycles. The third kappa shape index (κ3) is 2.73. The van der Waals surface area contributed by atoms with Gasteiger partial charge in [-0.2, -0.15) is 0 Å². The SMILES string of the molecule is C=CCOC(=O)N1CCC[C@@H]1C(O)C(=O)O. The molecular weight excluding hydrogens is 214 g/mol. The molecule has 0 saturated carbocycles. The van der Waals surface area contributed by atoms with Gasteiger partial charge in [0.1, 0.15) is 6.61 Å². The number of rotatable bonds is 4. The average molecular weight is 229 g/mol. The summed E-state index contributed by atoms with van der Waals surface area (Å²) in [5.74, 6) is -1.33. The van der Waals surface area contributed by atoms with Gasteiger partial charge in [0.25, 0.3) is 0 Å². The highest BCUT2D eigenvalue weighted by atomic mass is 16.6. The average Bonchev–Trinajstić information content (AvgIpc) is 2.73. The summed E-state index contributed by atoms with van der Waals surface area (Å²) in [6.45, 7) is 3.88. The van der Waals surface area contributed by atoms with Crippen LogP contribution < -0.4 is 0 Å². The first kappa shape index (κ1) is 12.5. The monoisotopic (exact) mass is 229 g/mol. The molecule has 1 fully saturated rings. The van der Waals surface area contributed by atoms with Crippen molar-refractivity contribution in [2.24, 2.45) is 0 Å². The van der Waals surface area contributed by atoms with Crippen molar-refractivity contribution < 1.29 is 24.5 Å². The second-order valence-corrected chi connectivity index (χ2v) is 3.55. The Balaban J connectivity index is 2.61. The van der Waals surface area contributed by atoms with Gasteiger partial charge in [0.2, 0.25) is 0 Å². The van der Waals surface area contributed by atoms with Gasteiger partial charge in [0, 0.05) is 6.54 Å². The molecular formula is C10H15NO5. The van der Waals surface area contributed by atoms with Gasteiger partial charge < -0.3 is 19.8 Å². The summed E-state index contributed by atoms with van der Waals surface area (Å²) in [7, 11) is 0. The zero-order chi connectivity index (χ0) is 12.1. The van der Waals surface area contributed by atoms with Gasteiger partial charge in [-0.1, -0.05) is 12.7 Å². The molecule has 0 radical (unpaired) electrons. The Bertz CT molecular complexity index is 291. The van der Waals surface area contributed by atoms with E-state index in [1.54, 1.807) is 0 Å². The quantitative estimate of drug-likeness (QED) is 0.673. The number of carboxylic acid groups (broad SMARTS) is 1. The first-order chi connectivity index (χ1) is 7.57. The van der Waals surface area contributed by atoms with E-state index in [-0.39, 0.29) is 6.61 Å². The van der Waals surface area contributed by atoms with Crippen molar-refractivity contribution in [1.29, 1.82) is 0 Å². The fourth-order valence-electron chi connectivity index (χ4n) is 1.73. The molecule has 1 heterocycles. The lowest BCUT2D eigenvalue weighted by atomic mass is 10.1. The lowest BCUT2D eigenvalue weighted by Gasteiger charge is -2.25. The van der Waals surface area contributed by atoms with Crippen molar-refractivity contribution in [2.45, 2.75) is 25.0 Å². The molecule has 1 aliphatic rings. The molecule has 1 unspecified atom stereocenters. The van der Waals surface area contributed by atoms with Crippen LogP contribution in [0.15, 0.2) is 12.7 Å². The molecule has 2 atom stereocenters. The van der Waals surface area contributed by atoms with E-state index in [1.807, 2.05) is 0 Å². The summed E-state index contributed by atoms with van der Waals surface area (Å²) in [6, 6.07) is -0.699. The second-order valence-electron chi connectivity index (χ2n) is 3.55. The number of carbonyl (C=O) groups excluding carboxylic acids is 1. The number of nitrogens with zero attached hydrogens (tertiary/aromatic N) is 1. The minimum atomic E-state index is -1.56. The number of hydrogen-bond donors (Lipinski definition) is 2. The fraction of sp³-hybridized carbons (Fsp3) is 0.600. The summed E-state index contributed by atoms with van der Waals surface area (Å²) in [5, 5.41) is 18.1. The number of carbonyl (C=O) groups is 2. The van der Waals surface area contributed by atoms with E-state index in [9.17, 15) is 14.7 Å². The maximum absolute atomic E-state index is 11.5. The van der Waals surface area contributed by atoms with Crippen LogP contribution in [0.2, 0.25) is 0 Å². The number of ether oxygens (including phenoxy) is 1. The van der Waals surface area contributed by atoms with Gasteiger partial charge in [-0.15, -0.1) is 0 Å². The smallest absolute Gasteiger partial charge is 0.410 e. The lowest BCUT2D eigenvalue weighted by molar-refractivity contribution is -0.149. The van der Waals surface area contributed by atoms with Crippen LogP contribution in [-0.4, -0.2) is 52.5 Å². The summed E-state index contributed by atoms with van der Waals surface area (Å²) >= 11 is 0. The molecule has 1 amide bonds. The van der Waals surface area contributed by atoms with E-state index in [4.69, 9.17) is 9.84 Å². The molecule has 0 aromatic rings. The minimum absolute atomic E-state index is 0.0746. The molecule has 0 aromatic heterocycles. The number of aliphatic hydroxyl groups is 1. The van der Waals surface area contributed by atoms with Gasteiger partial charge in [-0.3, -0.25) is 0 Å². The predicted molar refractivity (Wildman–Crippen MR) is 54.9 cm³/mol. The number of carboxylic acids is 1. The molecule has 6 nitrogen and oxygen atoms in total. The van der Waals surface area contributed by atoms with Crippen LogP contribution in [-0.2, 0) is 9.53 Å². The second kappa shape index (κ2) is 5.50. The number of hydrogen-bond acceptors (Lipinski definition) is 4. The zero-order valence-electron chi connectivity index (χ0n) is 8.83. The number of likely N-dealkylation sites (tertiary alicyclic amines) is 1. The Morgan fingerprint density at radius 1 is 1.62 bits per heavy atom. The number of aliphatic hydroxyl groups excluding tert-OH is 1. The summed E-state index contributed by atoms with van der Waals surface area (Å²) < 4.78 is 4.80. The third-order valence-electron chi connectivity index (χ3n) is 2.48. The van der Waals surface area contributed by atoms with Gasteiger partial charge >= 0.3 is 12.1 Å². The van der Waals surface area contributed by atoms with Crippen molar-refractivity contribution >= 4 is 12.1 Å². The number of amides is 1. The maximum Gasteiger partial charge on any atom is 0.410 e. The molecule has 6 heteroatoms. The van der Waals surface area contributed by atoms with Crippen molar-refractivity contribution in [3.8, 4) is 0 Å².